The topological polar surface area (TPSA) is 51.0 Å². The fourth-order valence-corrected chi connectivity index (χ4v) is 3.24. The van der Waals surface area contributed by atoms with Gasteiger partial charge in [-0.1, -0.05) is 28.0 Å². The van der Waals surface area contributed by atoms with Crippen molar-refractivity contribution >= 4 is 15.9 Å². The van der Waals surface area contributed by atoms with Gasteiger partial charge in [-0.2, -0.15) is 4.98 Å². The molecule has 112 valence electrons. The summed E-state index contributed by atoms with van der Waals surface area (Å²) in [4.78, 5) is 4.53. The molecule has 21 heavy (non-hydrogen) atoms. The van der Waals surface area contributed by atoms with Gasteiger partial charge in [0.05, 0.1) is 5.41 Å². The van der Waals surface area contributed by atoms with Crippen LogP contribution in [0.3, 0.4) is 0 Å². The predicted molar refractivity (Wildman–Crippen MR) is 81.5 cm³/mol. The van der Waals surface area contributed by atoms with Crippen molar-refractivity contribution in [2.24, 2.45) is 0 Å². The quantitative estimate of drug-likeness (QED) is 0.914. The van der Waals surface area contributed by atoms with Crippen molar-refractivity contribution < 1.29 is 8.91 Å². The highest BCUT2D eigenvalue weighted by Crippen LogP contribution is 2.35. The van der Waals surface area contributed by atoms with Crippen LogP contribution in [0.2, 0.25) is 0 Å². The summed E-state index contributed by atoms with van der Waals surface area (Å²) in [6.07, 6.45) is 3.06. The van der Waals surface area contributed by atoms with Gasteiger partial charge in [0.15, 0.2) is 0 Å². The largest absolute Gasteiger partial charge is 0.338 e. The van der Waals surface area contributed by atoms with E-state index in [9.17, 15) is 4.39 Å². The molecule has 0 bridgehead atoms. The van der Waals surface area contributed by atoms with Crippen molar-refractivity contribution in [1.82, 2.24) is 15.5 Å². The third kappa shape index (κ3) is 2.74. The first-order valence-corrected chi connectivity index (χ1v) is 7.94. The van der Waals surface area contributed by atoms with Crippen molar-refractivity contribution in [3.63, 3.8) is 0 Å². The van der Waals surface area contributed by atoms with Crippen LogP contribution in [0.15, 0.2) is 27.2 Å². The molecule has 6 heteroatoms. The van der Waals surface area contributed by atoms with E-state index in [2.05, 4.69) is 38.3 Å². The van der Waals surface area contributed by atoms with Gasteiger partial charge in [0.25, 0.3) is 0 Å². The summed E-state index contributed by atoms with van der Waals surface area (Å²) in [5, 5.41) is 7.44. The fourth-order valence-electron chi connectivity index (χ4n) is 2.82. The lowest BCUT2D eigenvalue weighted by Gasteiger charge is -2.33. The van der Waals surface area contributed by atoms with Gasteiger partial charge in [0.2, 0.25) is 11.7 Å². The van der Waals surface area contributed by atoms with E-state index in [1.54, 1.807) is 6.07 Å². The zero-order valence-electron chi connectivity index (χ0n) is 11.8. The Morgan fingerprint density at radius 1 is 1.48 bits per heavy atom. The van der Waals surface area contributed by atoms with Crippen LogP contribution in [-0.2, 0) is 5.41 Å². The summed E-state index contributed by atoms with van der Waals surface area (Å²) >= 11 is 3.40. The van der Waals surface area contributed by atoms with Gasteiger partial charge in [-0.25, -0.2) is 4.39 Å². The van der Waals surface area contributed by atoms with Crippen LogP contribution in [0.25, 0.3) is 11.4 Å². The van der Waals surface area contributed by atoms with E-state index < -0.39 is 0 Å². The molecule has 1 aliphatic heterocycles. The summed E-state index contributed by atoms with van der Waals surface area (Å²) in [7, 11) is 0. The third-order valence-corrected chi connectivity index (χ3v) is 4.89. The second kappa shape index (κ2) is 5.85. The molecule has 1 aromatic carbocycles. The number of hydrogen-bond acceptors (Lipinski definition) is 4. The Morgan fingerprint density at radius 2 is 2.33 bits per heavy atom. The SMILES string of the molecule is CCC1(c2nc(-c3cc(F)ccc3Br)no2)CCCNC1. The molecule has 2 aromatic rings. The summed E-state index contributed by atoms with van der Waals surface area (Å²) in [5.74, 6) is 0.752. The lowest BCUT2D eigenvalue weighted by Crippen LogP contribution is -2.43. The number of benzene rings is 1. The summed E-state index contributed by atoms with van der Waals surface area (Å²) in [6.45, 7) is 4.00. The molecular weight excluding hydrogens is 337 g/mol. The minimum absolute atomic E-state index is 0.108. The van der Waals surface area contributed by atoms with E-state index in [-0.39, 0.29) is 11.2 Å². The second-order valence-electron chi connectivity index (χ2n) is 5.46. The van der Waals surface area contributed by atoms with Crippen molar-refractivity contribution in [1.29, 1.82) is 0 Å². The summed E-state index contributed by atoms with van der Waals surface area (Å²) in [6, 6.07) is 4.46. The molecule has 0 saturated carbocycles. The fraction of sp³-hybridized carbons (Fsp3) is 0.467. The molecule has 4 nitrogen and oxygen atoms in total. The number of hydrogen-bond donors (Lipinski definition) is 1. The van der Waals surface area contributed by atoms with Gasteiger partial charge in [0, 0.05) is 16.6 Å². The Balaban J connectivity index is 1.97. The molecule has 1 unspecified atom stereocenters. The Labute approximate surface area is 131 Å². The minimum atomic E-state index is -0.316. The van der Waals surface area contributed by atoms with E-state index in [0.717, 1.165) is 36.8 Å². The van der Waals surface area contributed by atoms with Crippen LogP contribution in [0.1, 0.15) is 32.1 Å². The van der Waals surface area contributed by atoms with Gasteiger partial charge in [0.1, 0.15) is 5.82 Å². The van der Waals surface area contributed by atoms with Gasteiger partial charge >= 0.3 is 0 Å². The summed E-state index contributed by atoms with van der Waals surface area (Å²) in [5.41, 5.74) is 0.503. The van der Waals surface area contributed by atoms with Gasteiger partial charge in [-0.3, -0.25) is 0 Å². The maximum atomic E-state index is 13.4. The Hall–Kier alpha value is -1.27. The Morgan fingerprint density at radius 3 is 3.05 bits per heavy atom. The molecule has 0 radical (unpaired) electrons. The number of nitrogens with zero attached hydrogens (tertiary/aromatic N) is 2. The molecule has 3 rings (SSSR count). The zero-order valence-corrected chi connectivity index (χ0v) is 13.4. The molecule has 1 saturated heterocycles. The molecule has 1 N–H and O–H groups in total. The van der Waals surface area contributed by atoms with Gasteiger partial charge in [-0.05, 0) is 44.0 Å². The zero-order chi connectivity index (χ0) is 14.9. The van der Waals surface area contributed by atoms with Crippen molar-refractivity contribution in [2.45, 2.75) is 31.6 Å². The highest BCUT2D eigenvalue weighted by Gasteiger charge is 2.37. The van der Waals surface area contributed by atoms with Crippen LogP contribution < -0.4 is 5.32 Å². The molecule has 0 amide bonds. The molecule has 0 aliphatic carbocycles. The number of nitrogens with one attached hydrogen (secondary N) is 1. The van der Waals surface area contributed by atoms with E-state index in [0.29, 0.717) is 17.3 Å². The monoisotopic (exact) mass is 353 g/mol. The molecule has 2 heterocycles. The number of rotatable bonds is 3. The third-order valence-electron chi connectivity index (χ3n) is 4.20. The first kappa shape index (κ1) is 14.7. The van der Waals surface area contributed by atoms with E-state index in [4.69, 9.17) is 4.52 Å². The van der Waals surface area contributed by atoms with E-state index in [1.807, 2.05) is 0 Å². The average molecular weight is 354 g/mol. The standard InChI is InChI=1S/C15H17BrFN3O/c1-2-15(6-3-7-18-9-15)14-19-13(20-21-14)11-8-10(17)4-5-12(11)16/h4-5,8,18H,2-3,6-7,9H2,1H3. The maximum Gasteiger partial charge on any atom is 0.234 e. The van der Waals surface area contributed by atoms with Crippen molar-refractivity contribution in [2.75, 3.05) is 13.1 Å². The molecule has 1 atom stereocenters. The minimum Gasteiger partial charge on any atom is -0.338 e. The van der Waals surface area contributed by atoms with Crippen LogP contribution >= 0.6 is 15.9 Å². The van der Waals surface area contributed by atoms with Crippen molar-refractivity contribution in [3.05, 3.63) is 34.4 Å². The Bertz CT molecular complexity index is 638. The first-order chi connectivity index (χ1) is 10.1. The molecule has 1 aliphatic rings. The molecule has 1 aromatic heterocycles. The second-order valence-corrected chi connectivity index (χ2v) is 6.32. The van der Waals surface area contributed by atoms with E-state index >= 15 is 0 Å². The normalized spacial score (nSPS) is 22.4. The molecular formula is C15H17BrFN3O. The first-order valence-electron chi connectivity index (χ1n) is 7.15. The van der Waals surface area contributed by atoms with Crippen LogP contribution in [-0.4, -0.2) is 23.2 Å². The van der Waals surface area contributed by atoms with Gasteiger partial charge < -0.3 is 9.84 Å². The van der Waals surface area contributed by atoms with Crippen LogP contribution in [0, 0.1) is 5.82 Å². The highest BCUT2D eigenvalue weighted by atomic mass is 79.9. The molecule has 1 fully saturated rings. The van der Waals surface area contributed by atoms with Gasteiger partial charge in [-0.15, -0.1) is 0 Å². The molecule has 0 spiro atoms. The number of halogens is 2. The predicted octanol–water partition coefficient (Wildman–Crippen LogP) is 3.67. The highest BCUT2D eigenvalue weighted by molar-refractivity contribution is 9.10. The Kier molecular flexibility index (Phi) is 4.08. The summed E-state index contributed by atoms with van der Waals surface area (Å²) < 4.78 is 19.7. The smallest absolute Gasteiger partial charge is 0.234 e. The van der Waals surface area contributed by atoms with Crippen LogP contribution in [0.5, 0.6) is 0 Å². The average Bonchev–Trinajstić information content (AvgIpc) is 3.00. The lowest BCUT2D eigenvalue weighted by atomic mass is 9.78. The van der Waals surface area contributed by atoms with Crippen LogP contribution in [0.4, 0.5) is 4.39 Å². The van der Waals surface area contributed by atoms with E-state index in [1.165, 1.54) is 12.1 Å². The van der Waals surface area contributed by atoms with Crippen molar-refractivity contribution in [3.8, 4) is 11.4 Å². The number of aromatic nitrogens is 2. The lowest BCUT2D eigenvalue weighted by molar-refractivity contribution is 0.221. The number of piperidine rings is 1. The maximum absolute atomic E-state index is 13.4.